The zero-order valence-corrected chi connectivity index (χ0v) is 27.9. The standard InChI is InChI=1S/C17H13N3O2S.C12H11NO3.C7H8N2S/c21-15(12-7-3-1-4-8-12)19-14-11-18-17(20-16(14)22)23-13-9-5-2-6-10-13;1-2-15-8-10-12(14)16-11(13-10)9-6-4-3-5-7-9;8-7(9)10-6-4-2-1-3-5-6/h1-11H,(H,19,21)(H,18,20,22);3-8H,2H2,1H3;1-5H,(H3,8,9)/b;10-8+;. The predicted octanol–water partition coefficient (Wildman–Crippen LogP) is 6.71. The fraction of sp³-hybridized carbons (Fsp3) is 0.0556. The van der Waals surface area contributed by atoms with Crippen molar-refractivity contribution in [2.75, 3.05) is 11.9 Å². The summed E-state index contributed by atoms with van der Waals surface area (Å²) >= 11 is 2.61. The van der Waals surface area contributed by atoms with E-state index >= 15 is 0 Å². The molecule has 0 radical (unpaired) electrons. The lowest BCUT2D eigenvalue weighted by Gasteiger charge is -2.05. The summed E-state index contributed by atoms with van der Waals surface area (Å²) in [4.78, 5) is 48.4. The van der Waals surface area contributed by atoms with Crippen LogP contribution in [0.5, 0.6) is 0 Å². The van der Waals surface area contributed by atoms with Gasteiger partial charge in [0.2, 0.25) is 5.90 Å². The number of hydrogen-bond acceptors (Lipinski definition) is 10. The molecule has 2 heterocycles. The number of amides is 1. The van der Waals surface area contributed by atoms with Gasteiger partial charge in [-0.2, -0.15) is 0 Å². The lowest BCUT2D eigenvalue weighted by molar-refractivity contribution is -0.130. The highest BCUT2D eigenvalue weighted by atomic mass is 32.2. The summed E-state index contributed by atoms with van der Waals surface area (Å²) < 4.78 is 10.0. The number of aromatic amines is 1. The monoisotopic (exact) mass is 692 g/mol. The molecule has 11 nitrogen and oxygen atoms in total. The Labute approximate surface area is 291 Å². The summed E-state index contributed by atoms with van der Waals surface area (Å²) in [7, 11) is 0. The molecule has 0 saturated heterocycles. The van der Waals surface area contributed by atoms with Gasteiger partial charge in [-0.25, -0.2) is 14.8 Å². The van der Waals surface area contributed by atoms with E-state index in [1.165, 1.54) is 36.0 Å². The third kappa shape index (κ3) is 12.0. The van der Waals surface area contributed by atoms with E-state index in [1.54, 1.807) is 24.3 Å². The first kappa shape index (κ1) is 35.9. The largest absolute Gasteiger partial charge is 0.499 e. The molecule has 0 aliphatic carbocycles. The smallest absolute Gasteiger partial charge is 0.367 e. The van der Waals surface area contributed by atoms with Gasteiger partial charge in [-0.05, 0) is 55.5 Å². The van der Waals surface area contributed by atoms with Crippen molar-refractivity contribution in [3.63, 3.8) is 0 Å². The molecular formula is C36H32N6O5S2. The van der Waals surface area contributed by atoms with E-state index < -0.39 is 5.97 Å². The Hall–Kier alpha value is -5.92. The zero-order valence-electron chi connectivity index (χ0n) is 26.2. The van der Waals surface area contributed by atoms with Crippen LogP contribution >= 0.6 is 23.5 Å². The fourth-order valence-corrected chi connectivity index (χ4v) is 5.09. The van der Waals surface area contributed by atoms with Crippen molar-refractivity contribution in [2.24, 2.45) is 10.7 Å². The highest BCUT2D eigenvalue weighted by Gasteiger charge is 2.24. The Morgan fingerprint density at radius 3 is 2.04 bits per heavy atom. The van der Waals surface area contributed by atoms with Crippen LogP contribution in [0.3, 0.4) is 0 Å². The van der Waals surface area contributed by atoms with E-state index in [2.05, 4.69) is 20.3 Å². The van der Waals surface area contributed by atoms with E-state index in [-0.39, 0.29) is 28.0 Å². The second-order valence-electron chi connectivity index (χ2n) is 9.58. The Kier molecular flexibility index (Phi) is 14.0. The molecule has 6 rings (SSSR count). The molecule has 0 fully saturated rings. The number of aromatic nitrogens is 2. The Morgan fingerprint density at radius 2 is 1.47 bits per heavy atom. The van der Waals surface area contributed by atoms with Crippen LogP contribution in [0.4, 0.5) is 5.69 Å². The van der Waals surface area contributed by atoms with Gasteiger partial charge in [-0.1, -0.05) is 96.3 Å². The molecular weight excluding hydrogens is 661 g/mol. The Balaban J connectivity index is 0.000000180. The number of thioether (sulfide) groups is 1. The van der Waals surface area contributed by atoms with Crippen LogP contribution in [-0.2, 0) is 14.3 Å². The first-order chi connectivity index (χ1) is 23.8. The number of rotatable bonds is 8. The summed E-state index contributed by atoms with van der Waals surface area (Å²) in [5, 5.41) is 10.1. The third-order valence-electron chi connectivity index (χ3n) is 5.99. The van der Waals surface area contributed by atoms with Crippen molar-refractivity contribution in [1.29, 1.82) is 5.41 Å². The van der Waals surface area contributed by atoms with Crippen molar-refractivity contribution in [1.82, 2.24) is 9.97 Å². The van der Waals surface area contributed by atoms with E-state index in [4.69, 9.17) is 20.6 Å². The van der Waals surface area contributed by atoms with Gasteiger partial charge in [0.15, 0.2) is 16.0 Å². The number of esters is 1. The number of H-pyrrole nitrogens is 1. The van der Waals surface area contributed by atoms with Crippen LogP contribution in [0.2, 0.25) is 0 Å². The molecule has 0 atom stereocenters. The van der Waals surface area contributed by atoms with Gasteiger partial charge in [-0.15, -0.1) is 0 Å². The van der Waals surface area contributed by atoms with Crippen molar-refractivity contribution in [2.45, 2.75) is 21.9 Å². The van der Waals surface area contributed by atoms with Crippen LogP contribution in [0.1, 0.15) is 22.8 Å². The molecule has 1 aliphatic heterocycles. The highest BCUT2D eigenvalue weighted by Crippen LogP contribution is 2.23. The summed E-state index contributed by atoms with van der Waals surface area (Å²) in [6.45, 7) is 2.33. The van der Waals surface area contributed by atoms with E-state index in [0.29, 0.717) is 23.2 Å². The molecule has 0 spiro atoms. The third-order valence-corrected chi connectivity index (χ3v) is 7.63. The van der Waals surface area contributed by atoms with Gasteiger partial charge in [0, 0.05) is 20.9 Å². The number of anilines is 1. The molecule has 5 N–H and O–H groups in total. The van der Waals surface area contributed by atoms with Crippen LogP contribution in [0, 0.1) is 5.41 Å². The number of carbonyl (C=O) groups is 2. The number of benzene rings is 4. The summed E-state index contributed by atoms with van der Waals surface area (Å²) in [5.41, 5.74) is 6.36. The lowest BCUT2D eigenvalue weighted by Crippen LogP contribution is -2.20. The molecule has 1 aliphatic rings. The van der Waals surface area contributed by atoms with Crippen molar-refractivity contribution < 1.29 is 19.1 Å². The van der Waals surface area contributed by atoms with Gasteiger partial charge < -0.3 is 20.5 Å². The number of nitrogens with two attached hydrogens (primary N) is 1. The van der Waals surface area contributed by atoms with E-state index in [1.807, 2.05) is 104 Å². The second kappa shape index (κ2) is 19.0. The number of hydrogen-bond donors (Lipinski definition) is 4. The van der Waals surface area contributed by atoms with E-state index in [9.17, 15) is 14.4 Å². The topological polar surface area (TPSA) is 173 Å². The quantitative estimate of drug-likeness (QED) is 0.0262. The Morgan fingerprint density at radius 1 is 0.898 bits per heavy atom. The normalized spacial score (nSPS) is 12.3. The summed E-state index contributed by atoms with van der Waals surface area (Å²) in [5.74, 6) is -0.509. The first-order valence-electron chi connectivity index (χ1n) is 14.8. The number of ether oxygens (including phenoxy) is 2. The predicted molar refractivity (Wildman–Crippen MR) is 193 cm³/mol. The molecule has 49 heavy (non-hydrogen) atoms. The summed E-state index contributed by atoms with van der Waals surface area (Å²) in [6.07, 6.45) is 2.68. The summed E-state index contributed by atoms with van der Waals surface area (Å²) in [6, 6.07) is 37.2. The highest BCUT2D eigenvalue weighted by molar-refractivity contribution is 8.13. The molecule has 4 aromatic carbocycles. The van der Waals surface area contributed by atoms with Crippen molar-refractivity contribution >= 4 is 52.2 Å². The van der Waals surface area contributed by atoms with Crippen molar-refractivity contribution in [3.05, 3.63) is 161 Å². The molecule has 0 bridgehead atoms. The zero-order chi connectivity index (χ0) is 34.8. The van der Waals surface area contributed by atoms with Crippen molar-refractivity contribution in [3.8, 4) is 0 Å². The minimum atomic E-state index is -0.479. The lowest BCUT2D eigenvalue weighted by atomic mass is 10.2. The SMILES string of the molecule is CCO/C=C1/N=C(c2ccccc2)OC1=O.N=C(N)Sc1ccccc1.O=C(Nc1cnc(Sc2ccccc2)[nH]c1=O)c1ccccc1. The minimum absolute atomic E-state index is 0.122. The maximum Gasteiger partial charge on any atom is 0.367 e. The molecule has 0 saturated carbocycles. The van der Waals surface area contributed by atoms with Gasteiger partial charge in [-0.3, -0.25) is 20.0 Å². The van der Waals surface area contributed by atoms with Gasteiger partial charge >= 0.3 is 5.97 Å². The molecule has 1 aromatic heterocycles. The molecule has 13 heteroatoms. The van der Waals surface area contributed by atoms with Gasteiger partial charge in [0.25, 0.3) is 11.5 Å². The first-order valence-corrected chi connectivity index (χ1v) is 16.4. The maximum absolute atomic E-state index is 12.1. The fourth-order valence-electron chi connectivity index (χ4n) is 3.78. The van der Waals surface area contributed by atoms with Crippen LogP contribution < -0.4 is 16.6 Å². The number of cyclic esters (lactones) is 1. The molecule has 1 amide bonds. The maximum atomic E-state index is 12.1. The molecule has 0 unspecified atom stereocenters. The van der Waals surface area contributed by atoms with Crippen LogP contribution in [-0.4, -0.2) is 39.5 Å². The van der Waals surface area contributed by atoms with E-state index in [0.717, 1.165) is 15.4 Å². The second-order valence-corrected chi connectivity index (χ2v) is 11.8. The average molecular weight is 693 g/mol. The number of aliphatic imine (C=N–C) groups is 1. The van der Waals surface area contributed by atoms with Crippen LogP contribution in [0.25, 0.3) is 0 Å². The molecule has 5 aromatic rings. The van der Waals surface area contributed by atoms with Gasteiger partial charge in [0.05, 0.1) is 12.8 Å². The Bertz CT molecular complexity index is 1960. The number of nitrogens with zero attached hydrogens (tertiary/aromatic N) is 2. The van der Waals surface area contributed by atoms with Gasteiger partial charge in [0.1, 0.15) is 11.9 Å². The average Bonchev–Trinajstić information content (AvgIpc) is 3.50. The van der Waals surface area contributed by atoms with Crippen LogP contribution in [0.15, 0.2) is 164 Å². The number of nitrogens with one attached hydrogen (secondary N) is 3. The number of amidine groups is 1. The molecule has 248 valence electrons. The minimum Gasteiger partial charge on any atom is -0.499 e. The number of carbonyl (C=O) groups excluding carboxylic acids is 2.